The van der Waals surface area contributed by atoms with Crippen LogP contribution >= 0.6 is 0 Å². The van der Waals surface area contributed by atoms with Gasteiger partial charge in [0.2, 0.25) is 5.91 Å². The van der Waals surface area contributed by atoms with E-state index >= 15 is 0 Å². The first-order chi connectivity index (χ1) is 7.09. The summed E-state index contributed by atoms with van der Waals surface area (Å²) in [5, 5.41) is 5.38. The minimum atomic E-state index is -2.93. The Morgan fingerprint density at radius 2 is 2.13 bits per heavy atom. The van der Waals surface area contributed by atoms with Gasteiger partial charge in [0.1, 0.15) is 0 Å². The van der Waals surface area contributed by atoms with Crippen molar-refractivity contribution in [1.82, 2.24) is 10.6 Å². The molecule has 1 atom stereocenters. The Balaban J connectivity index is 1.80. The van der Waals surface area contributed by atoms with Crippen LogP contribution in [0.3, 0.4) is 0 Å². The molecule has 6 heteroatoms. The Bertz CT molecular complexity index is 348. The van der Waals surface area contributed by atoms with Crippen LogP contribution in [0.1, 0.15) is 12.8 Å². The fourth-order valence-corrected chi connectivity index (χ4v) is 3.69. The summed E-state index contributed by atoms with van der Waals surface area (Å²) in [5.41, 5.74) is 0. The van der Waals surface area contributed by atoms with Crippen molar-refractivity contribution < 1.29 is 13.2 Å². The summed E-state index contributed by atoms with van der Waals surface area (Å²) in [6, 6.07) is 0. The molecule has 2 rings (SSSR count). The Hall–Kier alpha value is -0.620. The molecular weight excluding hydrogens is 216 g/mol. The average Bonchev–Trinajstić information content (AvgIpc) is 2.38. The molecular formula is C9H16N2O3S. The second kappa shape index (κ2) is 4.09. The molecule has 1 amide bonds. The fraction of sp³-hybridized carbons (Fsp3) is 0.889. The first-order valence-electron chi connectivity index (χ1n) is 5.29. The van der Waals surface area contributed by atoms with Gasteiger partial charge in [-0.1, -0.05) is 0 Å². The zero-order chi connectivity index (χ0) is 10.9. The molecule has 0 aliphatic carbocycles. The lowest BCUT2D eigenvalue weighted by Crippen LogP contribution is -2.52. The number of rotatable bonds is 3. The van der Waals surface area contributed by atoms with E-state index in [1.165, 1.54) is 0 Å². The van der Waals surface area contributed by atoms with E-state index in [0.717, 1.165) is 6.42 Å². The van der Waals surface area contributed by atoms with E-state index in [4.69, 9.17) is 0 Å². The molecule has 0 aromatic rings. The summed E-state index contributed by atoms with van der Waals surface area (Å²) in [5.74, 6) is 0.295. The van der Waals surface area contributed by atoms with Gasteiger partial charge in [-0.15, -0.1) is 0 Å². The Morgan fingerprint density at radius 3 is 2.60 bits per heavy atom. The van der Waals surface area contributed by atoms with Crippen LogP contribution in [-0.4, -0.2) is 45.0 Å². The van der Waals surface area contributed by atoms with Crippen LogP contribution in [0.4, 0.5) is 0 Å². The van der Waals surface area contributed by atoms with Crippen molar-refractivity contribution in [3.05, 3.63) is 0 Å². The zero-order valence-electron chi connectivity index (χ0n) is 8.53. The highest BCUT2D eigenvalue weighted by Gasteiger charge is 2.32. The molecule has 1 unspecified atom stereocenters. The summed E-state index contributed by atoms with van der Waals surface area (Å²) in [7, 11) is -2.93. The standard InChI is InChI=1S/C9H16N2O3S/c12-9(7-4-10-5-7)11-6-8-2-1-3-15(8,13)14/h7-8,10H,1-6H2,(H,11,12). The van der Waals surface area contributed by atoms with E-state index in [2.05, 4.69) is 10.6 Å². The van der Waals surface area contributed by atoms with Crippen LogP contribution in [0.2, 0.25) is 0 Å². The number of nitrogens with one attached hydrogen (secondary N) is 2. The van der Waals surface area contributed by atoms with Crippen LogP contribution in [0, 0.1) is 5.92 Å². The molecule has 5 nitrogen and oxygen atoms in total. The summed E-state index contributed by atoms with van der Waals surface area (Å²) >= 11 is 0. The monoisotopic (exact) mass is 232 g/mol. The van der Waals surface area contributed by atoms with Gasteiger partial charge in [0, 0.05) is 19.6 Å². The first-order valence-corrected chi connectivity index (χ1v) is 7.01. The van der Waals surface area contributed by atoms with Crippen LogP contribution < -0.4 is 10.6 Å². The molecule has 0 aromatic carbocycles. The number of hydrogen-bond acceptors (Lipinski definition) is 4. The predicted octanol–water partition coefficient (Wildman–Crippen LogP) is -1.10. The van der Waals surface area contributed by atoms with E-state index in [-0.39, 0.29) is 29.4 Å². The minimum absolute atomic E-state index is 0.0177. The molecule has 0 saturated carbocycles. The Labute approximate surface area is 89.5 Å². The quantitative estimate of drug-likeness (QED) is 0.647. The lowest BCUT2D eigenvalue weighted by Gasteiger charge is -2.26. The summed E-state index contributed by atoms with van der Waals surface area (Å²) in [6.07, 6.45) is 1.42. The lowest BCUT2D eigenvalue weighted by atomic mass is 10.0. The number of amides is 1. The molecule has 0 bridgehead atoms. The maximum Gasteiger partial charge on any atom is 0.225 e. The SMILES string of the molecule is O=C(NCC1CCCS1(=O)=O)C1CNC1. The molecule has 2 fully saturated rings. The largest absolute Gasteiger partial charge is 0.354 e. The maximum absolute atomic E-state index is 11.5. The van der Waals surface area contributed by atoms with Gasteiger partial charge in [0.05, 0.1) is 16.9 Å². The van der Waals surface area contributed by atoms with Crippen molar-refractivity contribution in [2.24, 2.45) is 5.92 Å². The average molecular weight is 232 g/mol. The van der Waals surface area contributed by atoms with Crippen molar-refractivity contribution in [2.75, 3.05) is 25.4 Å². The van der Waals surface area contributed by atoms with Crippen molar-refractivity contribution in [3.63, 3.8) is 0 Å². The smallest absolute Gasteiger partial charge is 0.225 e. The predicted molar refractivity (Wildman–Crippen MR) is 56.2 cm³/mol. The molecule has 0 spiro atoms. The van der Waals surface area contributed by atoms with Gasteiger partial charge >= 0.3 is 0 Å². The maximum atomic E-state index is 11.5. The zero-order valence-corrected chi connectivity index (χ0v) is 9.35. The second-order valence-corrected chi connectivity index (χ2v) is 6.63. The van der Waals surface area contributed by atoms with Crippen molar-refractivity contribution in [3.8, 4) is 0 Å². The van der Waals surface area contributed by atoms with Crippen LogP contribution in [0.15, 0.2) is 0 Å². The van der Waals surface area contributed by atoms with Crippen molar-refractivity contribution in [2.45, 2.75) is 18.1 Å². The van der Waals surface area contributed by atoms with Gasteiger partial charge in [0.15, 0.2) is 9.84 Å². The molecule has 86 valence electrons. The molecule has 2 aliphatic heterocycles. The third-order valence-electron chi connectivity index (χ3n) is 3.12. The molecule has 15 heavy (non-hydrogen) atoms. The van der Waals surface area contributed by atoms with Gasteiger partial charge in [-0.3, -0.25) is 4.79 Å². The number of carbonyl (C=O) groups excluding carboxylic acids is 1. The van der Waals surface area contributed by atoms with Gasteiger partial charge in [0.25, 0.3) is 0 Å². The molecule has 2 N–H and O–H groups in total. The molecule has 2 aliphatic rings. The third-order valence-corrected chi connectivity index (χ3v) is 5.39. The highest BCUT2D eigenvalue weighted by molar-refractivity contribution is 7.92. The van der Waals surface area contributed by atoms with E-state index in [1.54, 1.807) is 0 Å². The second-order valence-electron chi connectivity index (χ2n) is 4.23. The molecule has 2 heterocycles. The van der Waals surface area contributed by atoms with Crippen LogP contribution in [-0.2, 0) is 14.6 Å². The molecule has 0 aromatic heterocycles. The van der Waals surface area contributed by atoms with Crippen molar-refractivity contribution in [1.29, 1.82) is 0 Å². The number of hydrogen-bond donors (Lipinski definition) is 2. The van der Waals surface area contributed by atoms with Crippen LogP contribution in [0.25, 0.3) is 0 Å². The van der Waals surface area contributed by atoms with Crippen molar-refractivity contribution >= 4 is 15.7 Å². The lowest BCUT2D eigenvalue weighted by molar-refractivity contribution is -0.126. The van der Waals surface area contributed by atoms with E-state index in [0.29, 0.717) is 19.5 Å². The highest BCUT2D eigenvalue weighted by atomic mass is 32.2. The van der Waals surface area contributed by atoms with E-state index in [1.807, 2.05) is 0 Å². The normalized spacial score (nSPS) is 29.7. The number of carbonyl (C=O) groups is 1. The van der Waals surface area contributed by atoms with Gasteiger partial charge in [-0.25, -0.2) is 8.42 Å². The van der Waals surface area contributed by atoms with Gasteiger partial charge in [-0.2, -0.15) is 0 Å². The fourth-order valence-electron chi connectivity index (χ4n) is 1.92. The Kier molecular flexibility index (Phi) is 2.97. The van der Waals surface area contributed by atoms with Crippen LogP contribution in [0.5, 0.6) is 0 Å². The summed E-state index contributed by atoms with van der Waals surface area (Å²) in [4.78, 5) is 11.4. The molecule has 2 saturated heterocycles. The first kappa shape index (κ1) is 10.9. The van der Waals surface area contributed by atoms with Gasteiger partial charge < -0.3 is 10.6 Å². The van der Waals surface area contributed by atoms with E-state index < -0.39 is 9.84 Å². The molecule has 0 radical (unpaired) electrons. The third kappa shape index (κ3) is 2.31. The highest BCUT2D eigenvalue weighted by Crippen LogP contribution is 2.19. The minimum Gasteiger partial charge on any atom is -0.354 e. The number of sulfone groups is 1. The topological polar surface area (TPSA) is 75.3 Å². The van der Waals surface area contributed by atoms with E-state index in [9.17, 15) is 13.2 Å². The summed E-state index contributed by atoms with van der Waals surface area (Å²) in [6.45, 7) is 1.71. The Morgan fingerprint density at radius 1 is 1.40 bits per heavy atom. The summed E-state index contributed by atoms with van der Waals surface area (Å²) < 4.78 is 22.9. The van der Waals surface area contributed by atoms with Gasteiger partial charge in [-0.05, 0) is 12.8 Å².